The zero-order valence-electron chi connectivity index (χ0n) is 13.0. The van der Waals surface area contributed by atoms with Crippen LogP contribution in [0.15, 0.2) is 36.4 Å². The average molecular weight is 283 g/mol. The summed E-state index contributed by atoms with van der Waals surface area (Å²) >= 11 is 0. The highest BCUT2D eigenvalue weighted by molar-refractivity contribution is 5.89. The van der Waals surface area contributed by atoms with Gasteiger partial charge in [-0.25, -0.2) is 0 Å². The number of phenols is 1. The van der Waals surface area contributed by atoms with Crippen molar-refractivity contribution in [1.29, 1.82) is 0 Å². The molecule has 2 aromatic carbocycles. The summed E-state index contributed by atoms with van der Waals surface area (Å²) in [5.41, 5.74) is 1.000. The van der Waals surface area contributed by atoms with E-state index < -0.39 is 0 Å². The molecular weight excluding hydrogens is 258 g/mol. The molecule has 3 rings (SSSR count). The van der Waals surface area contributed by atoms with Gasteiger partial charge in [0.25, 0.3) is 0 Å². The third-order valence-electron chi connectivity index (χ3n) is 4.91. The maximum atomic E-state index is 10.5. The molecule has 1 saturated carbocycles. The van der Waals surface area contributed by atoms with E-state index in [1.165, 1.54) is 19.3 Å². The highest BCUT2D eigenvalue weighted by Gasteiger charge is 2.22. The standard InChI is InChI=1S/C19H25NO/c1-13-7-8-15(11-13)12-20-14(2)17-10-9-16-5-3-4-6-18(16)19(17)21/h3-6,9-10,13-15,20-21H,7-8,11-12H2,1-2H3. The van der Waals surface area contributed by atoms with E-state index in [1.54, 1.807) is 0 Å². The van der Waals surface area contributed by atoms with Crippen LogP contribution < -0.4 is 5.32 Å². The summed E-state index contributed by atoms with van der Waals surface area (Å²) in [6.07, 6.45) is 4.04. The number of rotatable bonds is 4. The fraction of sp³-hybridized carbons (Fsp3) is 0.474. The van der Waals surface area contributed by atoms with Gasteiger partial charge in [-0.1, -0.05) is 49.7 Å². The molecule has 2 aromatic rings. The number of hydrogen-bond donors (Lipinski definition) is 2. The third kappa shape index (κ3) is 3.06. The van der Waals surface area contributed by atoms with Crippen molar-refractivity contribution in [3.63, 3.8) is 0 Å². The molecule has 3 atom stereocenters. The van der Waals surface area contributed by atoms with Crippen molar-refractivity contribution < 1.29 is 5.11 Å². The Labute approximate surface area is 127 Å². The molecule has 1 aliphatic rings. The molecule has 2 nitrogen and oxygen atoms in total. The Kier molecular flexibility index (Phi) is 4.16. The van der Waals surface area contributed by atoms with Gasteiger partial charge in [-0.2, -0.15) is 0 Å². The second kappa shape index (κ2) is 6.07. The Morgan fingerprint density at radius 3 is 2.76 bits per heavy atom. The second-order valence-corrected chi connectivity index (χ2v) is 6.64. The Bertz CT molecular complexity index is 622. The Balaban J connectivity index is 1.72. The van der Waals surface area contributed by atoms with E-state index in [1.807, 2.05) is 30.3 Å². The van der Waals surface area contributed by atoms with Crippen LogP contribution >= 0.6 is 0 Å². The molecule has 0 bridgehead atoms. The van der Waals surface area contributed by atoms with Gasteiger partial charge in [0.15, 0.2) is 0 Å². The maximum absolute atomic E-state index is 10.5. The van der Waals surface area contributed by atoms with Gasteiger partial charge in [-0.15, -0.1) is 0 Å². The van der Waals surface area contributed by atoms with Crippen molar-refractivity contribution in [2.45, 2.75) is 39.2 Å². The molecule has 21 heavy (non-hydrogen) atoms. The minimum Gasteiger partial charge on any atom is -0.507 e. The van der Waals surface area contributed by atoms with Gasteiger partial charge < -0.3 is 10.4 Å². The zero-order valence-corrected chi connectivity index (χ0v) is 13.0. The first-order chi connectivity index (χ1) is 10.1. The number of fused-ring (bicyclic) bond motifs is 1. The van der Waals surface area contributed by atoms with Crippen LogP contribution in [-0.4, -0.2) is 11.7 Å². The van der Waals surface area contributed by atoms with Crippen molar-refractivity contribution in [2.24, 2.45) is 11.8 Å². The SMILES string of the molecule is CC1CCC(CNC(C)c2ccc3ccccc3c2O)C1. The van der Waals surface area contributed by atoms with E-state index in [0.29, 0.717) is 5.75 Å². The van der Waals surface area contributed by atoms with E-state index in [0.717, 1.165) is 34.7 Å². The van der Waals surface area contributed by atoms with Crippen LogP contribution in [0.3, 0.4) is 0 Å². The van der Waals surface area contributed by atoms with Crippen LogP contribution in [0, 0.1) is 11.8 Å². The molecule has 0 amide bonds. The lowest BCUT2D eigenvalue weighted by Gasteiger charge is -2.19. The lowest BCUT2D eigenvalue weighted by atomic mass is 10.00. The molecular formula is C19H25NO. The molecule has 0 aromatic heterocycles. The number of benzene rings is 2. The van der Waals surface area contributed by atoms with E-state index >= 15 is 0 Å². The van der Waals surface area contributed by atoms with Crippen LogP contribution in [0.2, 0.25) is 0 Å². The van der Waals surface area contributed by atoms with Gasteiger partial charge in [0.05, 0.1) is 0 Å². The molecule has 0 saturated heterocycles. The summed E-state index contributed by atoms with van der Waals surface area (Å²) in [5, 5.41) is 16.2. The number of hydrogen-bond acceptors (Lipinski definition) is 2. The van der Waals surface area contributed by atoms with Gasteiger partial charge in [0.2, 0.25) is 0 Å². The van der Waals surface area contributed by atoms with Crippen molar-refractivity contribution in [1.82, 2.24) is 5.32 Å². The van der Waals surface area contributed by atoms with Crippen molar-refractivity contribution >= 4 is 10.8 Å². The van der Waals surface area contributed by atoms with Gasteiger partial charge in [0.1, 0.15) is 5.75 Å². The molecule has 0 spiro atoms. The molecule has 112 valence electrons. The third-order valence-corrected chi connectivity index (χ3v) is 4.91. The van der Waals surface area contributed by atoms with Crippen LogP contribution in [0.5, 0.6) is 5.75 Å². The lowest BCUT2D eigenvalue weighted by molar-refractivity contribution is 0.423. The van der Waals surface area contributed by atoms with E-state index in [4.69, 9.17) is 0 Å². The Morgan fingerprint density at radius 2 is 2.00 bits per heavy atom. The van der Waals surface area contributed by atoms with Crippen molar-refractivity contribution in [2.75, 3.05) is 6.54 Å². The second-order valence-electron chi connectivity index (χ2n) is 6.64. The van der Waals surface area contributed by atoms with Gasteiger partial charge in [0, 0.05) is 17.0 Å². The largest absolute Gasteiger partial charge is 0.507 e. The summed E-state index contributed by atoms with van der Waals surface area (Å²) in [6, 6.07) is 12.3. The minimum atomic E-state index is 0.186. The molecule has 0 heterocycles. The zero-order chi connectivity index (χ0) is 14.8. The maximum Gasteiger partial charge on any atom is 0.128 e. The van der Waals surface area contributed by atoms with Gasteiger partial charge >= 0.3 is 0 Å². The fourth-order valence-electron chi connectivity index (χ4n) is 3.59. The lowest BCUT2D eigenvalue weighted by Crippen LogP contribution is -2.24. The first kappa shape index (κ1) is 14.4. The van der Waals surface area contributed by atoms with Crippen LogP contribution in [0.1, 0.15) is 44.7 Å². The predicted molar refractivity (Wildman–Crippen MR) is 88.5 cm³/mol. The number of phenolic OH excluding ortho intramolecular Hbond substituents is 1. The van der Waals surface area contributed by atoms with Crippen molar-refractivity contribution in [3.05, 3.63) is 42.0 Å². The summed E-state index contributed by atoms with van der Waals surface area (Å²) in [7, 11) is 0. The highest BCUT2D eigenvalue weighted by Crippen LogP contribution is 2.33. The summed E-state index contributed by atoms with van der Waals surface area (Å²) in [5.74, 6) is 2.10. The van der Waals surface area contributed by atoms with Gasteiger partial charge in [-0.3, -0.25) is 0 Å². The van der Waals surface area contributed by atoms with Crippen molar-refractivity contribution in [3.8, 4) is 5.75 Å². The molecule has 2 N–H and O–H groups in total. The first-order valence-corrected chi connectivity index (χ1v) is 8.09. The van der Waals surface area contributed by atoms with E-state index in [2.05, 4.69) is 25.2 Å². The summed E-state index contributed by atoms with van der Waals surface area (Å²) in [4.78, 5) is 0. The predicted octanol–water partition coefficient (Wildman–Crippen LogP) is 4.63. The summed E-state index contributed by atoms with van der Waals surface area (Å²) in [6.45, 7) is 5.54. The monoisotopic (exact) mass is 283 g/mol. The number of aromatic hydroxyl groups is 1. The van der Waals surface area contributed by atoms with Crippen LogP contribution in [0.4, 0.5) is 0 Å². The normalized spacial score (nSPS) is 23.5. The van der Waals surface area contributed by atoms with E-state index in [-0.39, 0.29) is 6.04 Å². The Morgan fingerprint density at radius 1 is 1.19 bits per heavy atom. The molecule has 2 heteroatoms. The highest BCUT2D eigenvalue weighted by atomic mass is 16.3. The van der Waals surface area contributed by atoms with Crippen LogP contribution in [-0.2, 0) is 0 Å². The fourth-order valence-corrected chi connectivity index (χ4v) is 3.59. The molecule has 1 aliphatic carbocycles. The first-order valence-electron chi connectivity index (χ1n) is 8.09. The van der Waals surface area contributed by atoms with Gasteiger partial charge in [-0.05, 0) is 43.5 Å². The summed E-state index contributed by atoms with van der Waals surface area (Å²) < 4.78 is 0. The Hall–Kier alpha value is -1.54. The molecule has 3 unspecified atom stereocenters. The topological polar surface area (TPSA) is 32.3 Å². The minimum absolute atomic E-state index is 0.186. The molecule has 1 fully saturated rings. The number of nitrogens with one attached hydrogen (secondary N) is 1. The average Bonchev–Trinajstić information content (AvgIpc) is 2.91. The molecule has 0 radical (unpaired) electrons. The van der Waals surface area contributed by atoms with Crippen LogP contribution in [0.25, 0.3) is 10.8 Å². The quantitative estimate of drug-likeness (QED) is 0.857. The van der Waals surface area contributed by atoms with E-state index in [9.17, 15) is 5.11 Å². The smallest absolute Gasteiger partial charge is 0.128 e. The molecule has 0 aliphatic heterocycles.